The van der Waals surface area contributed by atoms with E-state index in [1.54, 1.807) is 6.92 Å². The number of rotatable bonds is 5. The van der Waals surface area contributed by atoms with E-state index in [1.807, 2.05) is 37.3 Å². The molecule has 0 spiro atoms. The van der Waals surface area contributed by atoms with Crippen molar-refractivity contribution in [2.24, 2.45) is 0 Å². The smallest absolute Gasteiger partial charge is 0.261 e. The van der Waals surface area contributed by atoms with Crippen molar-refractivity contribution in [2.45, 2.75) is 39.8 Å². The Morgan fingerprint density at radius 2 is 1.73 bits per heavy atom. The third-order valence-electron chi connectivity index (χ3n) is 3.68. The minimum atomic E-state index is -0.532. The fourth-order valence-electron chi connectivity index (χ4n) is 2.48. The Balaban J connectivity index is 1.98. The van der Waals surface area contributed by atoms with Crippen molar-refractivity contribution >= 4 is 5.91 Å². The maximum absolute atomic E-state index is 12.3. The molecular formula is C19H23NO2. The van der Waals surface area contributed by atoms with Gasteiger partial charge in [0.25, 0.3) is 5.91 Å². The van der Waals surface area contributed by atoms with Crippen LogP contribution < -0.4 is 10.1 Å². The monoisotopic (exact) mass is 297 g/mol. The summed E-state index contributed by atoms with van der Waals surface area (Å²) in [5.74, 6) is 0.584. The van der Waals surface area contributed by atoms with Gasteiger partial charge in [-0.05, 0) is 51.0 Å². The van der Waals surface area contributed by atoms with Gasteiger partial charge in [0.05, 0.1) is 6.04 Å². The first-order valence-corrected chi connectivity index (χ1v) is 7.56. The number of benzene rings is 2. The lowest BCUT2D eigenvalue weighted by molar-refractivity contribution is -0.127. The van der Waals surface area contributed by atoms with Crippen LogP contribution in [0.2, 0.25) is 0 Å². The van der Waals surface area contributed by atoms with Crippen molar-refractivity contribution in [3.05, 3.63) is 65.2 Å². The summed E-state index contributed by atoms with van der Waals surface area (Å²) in [5.41, 5.74) is 3.54. The van der Waals surface area contributed by atoms with E-state index in [0.29, 0.717) is 5.75 Å². The van der Waals surface area contributed by atoms with Crippen molar-refractivity contribution in [3.63, 3.8) is 0 Å². The van der Waals surface area contributed by atoms with E-state index in [1.165, 1.54) is 11.1 Å². The molecule has 0 aliphatic heterocycles. The lowest BCUT2D eigenvalue weighted by Gasteiger charge is -2.20. The molecule has 3 heteroatoms. The number of para-hydroxylation sites is 1. The van der Waals surface area contributed by atoms with Gasteiger partial charge in [-0.1, -0.05) is 42.0 Å². The van der Waals surface area contributed by atoms with E-state index in [2.05, 4.69) is 37.4 Å². The van der Waals surface area contributed by atoms with Gasteiger partial charge in [-0.15, -0.1) is 0 Å². The fourth-order valence-corrected chi connectivity index (χ4v) is 2.48. The van der Waals surface area contributed by atoms with E-state index in [4.69, 9.17) is 4.74 Å². The van der Waals surface area contributed by atoms with Gasteiger partial charge in [-0.3, -0.25) is 4.79 Å². The second kappa shape index (κ2) is 7.12. The molecule has 116 valence electrons. The molecular weight excluding hydrogens is 274 g/mol. The number of hydrogen-bond donors (Lipinski definition) is 1. The van der Waals surface area contributed by atoms with Crippen molar-refractivity contribution in [1.82, 2.24) is 5.32 Å². The number of amides is 1. The average Bonchev–Trinajstić information content (AvgIpc) is 2.47. The first-order chi connectivity index (χ1) is 10.5. The summed E-state index contributed by atoms with van der Waals surface area (Å²) < 4.78 is 5.65. The molecule has 22 heavy (non-hydrogen) atoms. The highest BCUT2D eigenvalue weighted by molar-refractivity contribution is 5.81. The topological polar surface area (TPSA) is 38.3 Å². The number of aryl methyl sites for hydroxylation is 2. The van der Waals surface area contributed by atoms with Crippen LogP contribution in [0.15, 0.2) is 48.5 Å². The third kappa shape index (κ3) is 4.10. The highest BCUT2D eigenvalue weighted by Gasteiger charge is 2.18. The first-order valence-electron chi connectivity index (χ1n) is 7.56. The zero-order valence-corrected chi connectivity index (χ0v) is 13.6. The quantitative estimate of drug-likeness (QED) is 0.907. The van der Waals surface area contributed by atoms with E-state index in [-0.39, 0.29) is 11.9 Å². The van der Waals surface area contributed by atoms with Crippen LogP contribution in [0.1, 0.15) is 36.6 Å². The molecule has 2 atom stereocenters. The zero-order valence-electron chi connectivity index (χ0n) is 13.6. The molecule has 0 radical (unpaired) electrons. The number of carbonyl (C=O) groups is 1. The second-order valence-corrected chi connectivity index (χ2v) is 5.66. The molecule has 2 aromatic rings. The van der Waals surface area contributed by atoms with E-state index in [9.17, 15) is 4.79 Å². The Morgan fingerprint density at radius 3 is 2.36 bits per heavy atom. The number of nitrogens with one attached hydrogen (secondary N) is 1. The van der Waals surface area contributed by atoms with Crippen molar-refractivity contribution in [2.75, 3.05) is 0 Å². The maximum atomic E-state index is 12.3. The van der Waals surface area contributed by atoms with E-state index >= 15 is 0 Å². The van der Waals surface area contributed by atoms with Crippen LogP contribution in [-0.4, -0.2) is 12.0 Å². The Morgan fingerprint density at radius 1 is 1.05 bits per heavy atom. The molecule has 0 aliphatic carbocycles. The Kier molecular flexibility index (Phi) is 5.21. The van der Waals surface area contributed by atoms with Crippen molar-refractivity contribution in [1.29, 1.82) is 0 Å². The Hall–Kier alpha value is -2.29. The SMILES string of the molecule is Cc1ccc([C@@H](C)NC(=O)[C@H](C)Oc2ccccc2)c(C)c1. The summed E-state index contributed by atoms with van der Waals surface area (Å²) in [6, 6.07) is 15.6. The van der Waals surface area contributed by atoms with Crippen LogP contribution in [0.5, 0.6) is 5.75 Å². The Bertz CT molecular complexity index is 637. The summed E-state index contributed by atoms with van der Waals surface area (Å²) in [5, 5.41) is 3.01. The summed E-state index contributed by atoms with van der Waals surface area (Å²) in [7, 11) is 0. The molecule has 1 amide bonds. The molecule has 2 rings (SSSR count). The molecule has 2 aromatic carbocycles. The lowest BCUT2D eigenvalue weighted by atomic mass is 10.0. The molecule has 0 aliphatic rings. The molecule has 0 heterocycles. The zero-order chi connectivity index (χ0) is 16.1. The molecule has 0 bridgehead atoms. The van der Waals surface area contributed by atoms with Crippen molar-refractivity contribution < 1.29 is 9.53 Å². The summed E-state index contributed by atoms with van der Waals surface area (Å²) in [6.45, 7) is 7.88. The molecule has 0 saturated heterocycles. The fraction of sp³-hybridized carbons (Fsp3) is 0.316. The van der Waals surface area contributed by atoms with Crippen molar-refractivity contribution in [3.8, 4) is 5.75 Å². The predicted octanol–water partition coefficient (Wildman–Crippen LogP) is 3.95. The normalized spacial score (nSPS) is 13.3. The van der Waals surface area contributed by atoms with Gasteiger partial charge in [-0.2, -0.15) is 0 Å². The number of ether oxygens (including phenoxy) is 1. The highest BCUT2D eigenvalue weighted by atomic mass is 16.5. The van der Waals surface area contributed by atoms with Crippen LogP contribution in [0.25, 0.3) is 0 Å². The van der Waals surface area contributed by atoms with Crippen LogP contribution >= 0.6 is 0 Å². The Labute approximate surface area is 132 Å². The summed E-state index contributed by atoms with van der Waals surface area (Å²) >= 11 is 0. The number of carbonyl (C=O) groups excluding carboxylic acids is 1. The lowest BCUT2D eigenvalue weighted by Crippen LogP contribution is -2.37. The largest absolute Gasteiger partial charge is 0.481 e. The molecule has 3 nitrogen and oxygen atoms in total. The molecule has 0 unspecified atom stereocenters. The van der Waals surface area contributed by atoms with Crippen LogP contribution in [0.3, 0.4) is 0 Å². The standard InChI is InChI=1S/C19H23NO2/c1-13-10-11-18(14(2)12-13)15(3)20-19(21)16(4)22-17-8-6-5-7-9-17/h5-12,15-16H,1-4H3,(H,20,21)/t15-,16+/m1/s1. The molecule has 1 N–H and O–H groups in total. The predicted molar refractivity (Wildman–Crippen MR) is 89.0 cm³/mol. The molecule has 0 aromatic heterocycles. The maximum Gasteiger partial charge on any atom is 0.261 e. The third-order valence-corrected chi connectivity index (χ3v) is 3.68. The van der Waals surface area contributed by atoms with Gasteiger partial charge in [0, 0.05) is 0 Å². The first kappa shape index (κ1) is 16.1. The number of hydrogen-bond acceptors (Lipinski definition) is 2. The minimum absolute atomic E-state index is 0.0464. The van der Waals surface area contributed by atoms with Crippen LogP contribution in [-0.2, 0) is 4.79 Å². The van der Waals surface area contributed by atoms with Crippen LogP contribution in [0, 0.1) is 13.8 Å². The summed E-state index contributed by atoms with van der Waals surface area (Å²) in [4.78, 5) is 12.3. The summed E-state index contributed by atoms with van der Waals surface area (Å²) in [6.07, 6.45) is -0.532. The average molecular weight is 297 g/mol. The minimum Gasteiger partial charge on any atom is -0.481 e. The van der Waals surface area contributed by atoms with E-state index in [0.717, 1.165) is 5.56 Å². The highest BCUT2D eigenvalue weighted by Crippen LogP contribution is 2.19. The van der Waals surface area contributed by atoms with Gasteiger partial charge in [0.1, 0.15) is 5.75 Å². The van der Waals surface area contributed by atoms with Gasteiger partial charge in [0.2, 0.25) is 0 Å². The molecule has 0 saturated carbocycles. The van der Waals surface area contributed by atoms with Gasteiger partial charge < -0.3 is 10.1 Å². The van der Waals surface area contributed by atoms with Crippen LogP contribution in [0.4, 0.5) is 0 Å². The van der Waals surface area contributed by atoms with E-state index < -0.39 is 6.10 Å². The second-order valence-electron chi connectivity index (χ2n) is 5.66. The van der Waals surface area contributed by atoms with Gasteiger partial charge >= 0.3 is 0 Å². The molecule has 0 fully saturated rings. The van der Waals surface area contributed by atoms with Gasteiger partial charge in [0.15, 0.2) is 6.10 Å². The van der Waals surface area contributed by atoms with Gasteiger partial charge in [-0.25, -0.2) is 0 Å².